The van der Waals surface area contributed by atoms with Crippen molar-refractivity contribution >= 4 is 39.8 Å². The third kappa shape index (κ3) is 3.86. The number of imidazole rings is 1. The maximum absolute atomic E-state index is 16.4. The predicted molar refractivity (Wildman–Crippen MR) is 142 cm³/mol. The summed E-state index contributed by atoms with van der Waals surface area (Å²) in [6.07, 6.45) is 9.64. The van der Waals surface area contributed by atoms with Crippen LogP contribution < -0.4 is 15.9 Å². The first-order valence-electron chi connectivity index (χ1n) is 11.8. The molecule has 180 valence electrons. The van der Waals surface area contributed by atoms with Crippen molar-refractivity contribution in [1.82, 2.24) is 35.5 Å². The van der Waals surface area contributed by atoms with Gasteiger partial charge in [-0.2, -0.15) is 16.4 Å². The van der Waals surface area contributed by atoms with E-state index >= 15 is 4.39 Å². The van der Waals surface area contributed by atoms with Gasteiger partial charge in [0.15, 0.2) is 5.82 Å². The molecule has 6 rings (SSSR count). The van der Waals surface area contributed by atoms with Gasteiger partial charge in [-0.1, -0.05) is 18.6 Å². The summed E-state index contributed by atoms with van der Waals surface area (Å²) in [6, 6.07) is 4.04. The quantitative estimate of drug-likeness (QED) is 0.325. The maximum Gasteiger partial charge on any atom is 0.159 e. The number of nitrogens with one attached hydrogen (secondary N) is 3. The summed E-state index contributed by atoms with van der Waals surface area (Å²) in [5.74, 6) is 0.160. The van der Waals surface area contributed by atoms with Crippen molar-refractivity contribution in [2.75, 3.05) is 6.54 Å². The maximum atomic E-state index is 16.4. The third-order valence-electron chi connectivity index (χ3n) is 6.39. The molecule has 0 spiro atoms. The number of rotatable bonds is 6. The molecular formula is C27H24FN7S. The first-order chi connectivity index (χ1) is 17.6. The van der Waals surface area contributed by atoms with Gasteiger partial charge in [0.25, 0.3) is 0 Å². The summed E-state index contributed by atoms with van der Waals surface area (Å²) in [6.45, 7) is 5.54. The van der Waals surface area contributed by atoms with Crippen molar-refractivity contribution in [2.24, 2.45) is 0 Å². The summed E-state index contributed by atoms with van der Waals surface area (Å²) >= 11 is 1.62. The minimum absolute atomic E-state index is 0.334. The number of halogens is 1. The number of hydrogen-bond donors (Lipinski definition) is 3. The highest BCUT2D eigenvalue weighted by Crippen LogP contribution is 2.32. The van der Waals surface area contributed by atoms with Crippen LogP contribution in [0, 0.1) is 0 Å². The molecule has 7 nitrogen and oxygen atoms in total. The van der Waals surface area contributed by atoms with Gasteiger partial charge >= 0.3 is 0 Å². The Morgan fingerprint density at radius 3 is 2.86 bits per heavy atom. The molecular weight excluding hydrogens is 473 g/mol. The molecule has 1 aliphatic rings. The number of hydrogen-bond acceptors (Lipinski definition) is 6. The zero-order valence-electron chi connectivity index (χ0n) is 19.9. The van der Waals surface area contributed by atoms with E-state index in [9.17, 15) is 0 Å². The first-order valence-corrected chi connectivity index (χ1v) is 12.7. The normalized spacial score (nSPS) is 13.7. The summed E-state index contributed by atoms with van der Waals surface area (Å²) in [5.41, 5.74) is 7.21. The Morgan fingerprint density at radius 1 is 1.14 bits per heavy atom. The van der Waals surface area contributed by atoms with Gasteiger partial charge in [0, 0.05) is 41.8 Å². The molecule has 9 heteroatoms. The van der Waals surface area contributed by atoms with E-state index in [0.29, 0.717) is 40.6 Å². The molecule has 0 aliphatic heterocycles. The Labute approximate surface area is 210 Å². The van der Waals surface area contributed by atoms with Crippen molar-refractivity contribution in [2.45, 2.75) is 26.8 Å². The molecule has 1 aliphatic carbocycles. The Hall–Kier alpha value is -3.95. The van der Waals surface area contributed by atoms with Crippen molar-refractivity contribution in [3.63, 3.8) is 0 Å². The standard InChI is InChI=1S/C27H24FN7S/c1-3-29-9-16-8-18(11-30-10-16)22-15(2)4-5-20-23(24(22)28)26(35-34-20)27-32-21-13-31-12-19(25(21)33-27)17-6-7-36-14-17/h5-8,10-14,29,34H,3-4,9H2,1-2H3,(H,32,33). The number of aromatic amines is 2. The van der Waals surface area contributed by atoms with Gasteiger partial charge in [0.1, 0.15) is 17.0 Å². The van der Waals surface area contributed by atoms with E-state index in [2.05, 4.69) is 42.8 Å². The number of thiophene rings is 1. The predicted octanol–water partition coefficient (Wildman–Crippen LogP) is 4.32. The lowest BCUT2D eigenvalue weighted by Gasteiger charge is -2.11. The van der Waals surface area contributed by atoms with E-state index in [-0.39, 0.29) is 5.83 Å². The minimum atomic E-state index is -0.334. The molecule has 0 saturated carbocycles. The van der Waals surface area contributed by atoms with E-state index in [1.165, 1.54) is 0 Å². The molecule has 5 aromatic rings. The van der Waals surface area contributed by atoms with Crippen molar-refractivity contribution < 1.29 is 4.39 Å². The SMILES string of the molecule is CCNCc1cncc(C2=C(C)CC=c3[nH]nc(-c4nc5c(-c6ccsc6)cncc5[nH]4)c3=C2F)c1. The van der Waals surface area contributed by atoms with Gasteiger partial charge in [-0.25, -0.2) is 9.37 Å². The average molecular weight is 498 g/mol. The van der Waals surface area contributed by atoms with Gasteiger partial charge in [-0.05, 0) is 53.9 Å². The Morgan fingerprint density at radius 2 is 2.03 bits per heavy atom. The van der Waals surface area contributed by atoms with Crippen LogP contribution in [0.25, 0.3) is 51.2 Å². The average Bonchev–Trinajstić information content (AvgIpc) is 3.64. The number of fused-ring (bicyclic) bond motifs is 2. The largest absolute Gasteiger partial charge is 0.335 e. The van der Waals surface area contributed by atoms with E-state index in [4.69, 9.17) is 4.98 Å². The fourth-order valence-electron chi connectivity index (χ4n) is 4.60. The highest BCUT2D eigenvalue weighted by atomic mass is 32.1. The lowest BCUT2D eigenvalue weighted by Crippen LogP contribution is -2.25. The van der Waals surface area contributed by atoms with Crippen LogP contribution in [0.5, 0.6) is 0 Å². The molecule has 36 heavy (non-hydrogen) atoms. The lowest BCUT2D eigenvalue weighted by atomic mass is 9.98. The molecule has 0 atom stereocenters. The van der Waals surface area contributed by atoms with E-state index < -0.39 is 0 Å². The van der Waals surface area contributed by atoms with Crippen LogP contribution in [-0.2, 0) is 6.54 Å². The van der Waals surface area contributed by atoms with Gasteiger partial charge in [0.2, 0.25) is 0 Å². The molecule has 0 fully saturated rings. The zero-order chi connectivity index (χ0) is 24.6. The Kier molecular flexibility index (Phi) is 5.79. The second kappa shape index (κ2) is 9.25. The molecule has 0 radical (unpaired) electrons. The van der Waals surface area contributed by atoms with Gasteiger partial charge in [0.05, 0.1) is 22.3 Å². The Bertz CT molecular complexity index is 1730. The van der Waals surface area contributed by atoms with Crippen molar-refractivity contribution in [3.8, 4) is 22.6 Å². The van der Waals surface area contributed by atoms with E-state index in [1.54, 1.807) is 29.9 Å². The summed E-state index contributed by atoms with van der Waals surface area (Å²) in [7, 11) is 0. The molecule has 0 unspecified atom stereocenters. The number of nitrogens with zero attached hydrogens (tertiary/aromatic N) is 4. The molecule has 5 heterocycles. The summed E-state index contributed by atoms with van der Waals surface area (Å²) in [5, 5.41) is 15.9. The number of aromatic nitrogens is 6. The molecule has 5 aromatic heterocycles. The van der Waals surface area contributed by atoms with Crippen LogP contribution in [0.3, 0.4) is 0 Å². The number of H-pyrrole nitrogens is 2. The smallest absolute Gasteiger partial charge is 0.159 e. The molecule has 0 amide bonds. The number of pyridine rings is 2. The van der Waals surface area contributed by atoms with Crippen LogP contribution in [0.4, 0.5) is 4.39 Å². The van der Waals surface area contributed by atoms with E-state index in [1.807, 2.05) is 36.7 Å². The van der Waals surface area contributed by atoms with Crippen LogP contribution in [0.15, 0.2) is 53.3 Å². The molecule has 0 saturated heterocycles. The highest BCUT2D eigenvalue weighted by Gasteiger charge is 2.22. The second-order valence-corrected chi connectivity index (χ2v) is 9.56. The van der Waals surface area contributed by atoms with E-state index in [0.717, 1.165) is 45.4 Å². The van der Waals surface area contributed by atoms with Gasteiger partial charge in [-0.15, -0.1) is 0 Å². The van der Waals surface area contributed by atoms with Crippen LogP contribution in [0.1, 0.15) is 31.4 Å². The summed E-state index contributed by atoms with van der Waals surface area (Å²) in [4.78, 5) is 16.9. The fourth-order valence-corrected chi connectivity index (χ4v) is 5.26. The lowest BCUT2D eigenvalue weighted by molar-refractivity contribution is 0.724. The minimum Gasteiger partial charge on any atom is -0.335 e. The molecule has 3 N–H and O–H groups in total. The van der Waals surface area contributed by atoms with Crippen LogP contribution in [0.2, 0.25) is 0 Å². The third-order valence-corrected chi connectivity index (χ3v) is 7.07. The fraction of sp³-hybridized carbons (Fsp3) is 0.185. The topological polar surface area (TPSA) is 95.2 Å². The van der Waals surface area contributed by atoms with Crippen molar-refractivity contribution in [3.05, 3.63) is 74.9 Å². The number of allylic oxidation sites excluding steroid dienone is 2. The first kappa shape index (κ1) is 22.5. The van der Waals surface area contributed by atoms with Gasteiger partial charge in [-0.3, -0.25) is 15.1 Å². The molecule has 0 aromatic carbocycles. The van der Waals surface area contributed by atoms with Crippen LogP contribution in [-0.4, -0.2) is 36.7 Å². The highest BCUT2D eigenvalue weighted by molar-refractivity contribution is 7.08. The monoisotopic (exact) mass is 497 g/mol. The zero-order valence-corrected chi connectivity index (χ0v) is 20.7. The molecule has 0 bridgehead atoms. The van der Waals surface area contributed by atoms with Crippen LogP contribution >= 0.6 is 11.3 Å². The van der Waals surface area contributed by atoms with Gasteiger partial charge < -0.3 is 10.3 Å². The Balaban J connectivity index is 1.52. The second-order valence-electron chi connectivity index (χ2n) is 8.78. The summed E-state index contributed by atoms with van der Waals surface area (Å²) < 4.78 is 16.4. The van der Waals surface area contributed by atoms with Crippen molar-refractivity contribution in [1.29, 1.82) is 0 Å².